The Balaban J connectivity index is 1.10. The van der Waals surface area contributed by atoms with Crippen LogP contribution < -0.4 is 25.5 Å². The molecule has 4 heterocycles. The van der Waals surface area contributed by atoms with Gasteiger partial charge in [0.1, 0.15) is 16.7 Å². The van der Waals surface area contributed by atoms with Crippen LogP contribution in [0.3, 0.4) is 0 Å². The van der Waals surface area contributed by atoms with Crippen molar-refractivity contribution in [2.75, 3.05) is 14.6 Å². The zero-order valence-electron chi connectivity index (χ0n) is 52.7. The fourth-order valence-electron chi connectivity index (χ4n) is 15.5. The molecule has 2 aliphatic heterocycles. The van der Waals surface area contributed by atoms with E-state index < -0.39 is 0 Å². The summed E-state index contributed by atoms with van der Waals surface area (Å²) in [5.74, 6) is 0. The van der Waals surface area contributed by atoms with Crippen LogP contribution in [0.4, 0.5) is 45.5 Å². The van der Waals surface area contributed by atoms with Crippen LogP contribution in [-0.4, -0.2) is 6.85 Å². The van der Waals surface area contributed by atoms with Gasteiger partial charge in [0.25, 0.3) is 0 Å². The number of hydrogen-bond donors (Lipinski definition) is 0. The minimum atomic E-state index is -0.285. The van der Waals surface area contributed by atoms with Gasteiger partial charge in [-0.25, -0.2) is 0 Å². The van der Waals surface area contributed by atoms with Crippen molar-refractivity contribution in [2.45, 2.75) is 162 Å². The van der Waals surface area contributed by atoms with Gasteiger partial charge in [-0.1, -0.05) is 176 Å². The van der Waals surface area contributed by atoms with E-state index >= 15 is 0 Å². The van der Waals surface area contributed by atoms with Gasteiger partial charge in [-0.3, -0.25) is 0 Å². The van der Waals surface area contributed by atoms with E-state index in [1.165, 1.54) is 66.8 Å². The molecule has 0 unspecified atom stereocenters. The van der Waals surface area contributed by atoms with Crippen molar-refractivity contribution in [2.24, 2.45) is 0 Å². The summed E-state index contributed by atoms with van der Waals surface area (Å²) < 4.78 is 14.8. The number of aryl methyl sites for hydroxylation is 1. The summed E-state index contributed by atoms with van der Waals surface area (Å²) in [4.78, 5) is 7.84. The van der Waals surface area contributed by atoms with Crippen LogP contribution in [0.5, 0.6) is 0 Å². The molecule has 4 aliphatic rings. The largest absolute Gasteiger partial charge is 0.455 e. The topological polar surface area (TPSA) is 36.0 Å². The molecule has 0 amide bonds. The van der Waals surface area contributed by atoms with Crippen molar-refractivity contribution >= 4 is 107 Å². The molecular formula is C79H80BN3O2. The highest BCUT2D eigenvalue weighted by Gasteiger charge is 2.50. The summed E-state index contributed by atoms with van der Waals surface area (Å²) >= 11 is 0. The fraction of sp³-hybridized carbons (Fsp3) is 0.316. The Bertz CT molecular complexity index is 4610. The summed E-state index contributed by atoms with van der Waals surface area (Å²) in [6.45, 7) is 35.5. The third kappa shape index (κ3) is 8.09. The third-order valence-electron chi connectivity index (χ3n) is 20.8. The zero-order valence-corrected chi connectivity index (χ0v) is 52.7. The lowest BCUT2D eigenvalue weighted by Gasteiger charge is -2.48. The molecule has 0 saturated heterocycles. The van der Waals surface area contributed by atoms with Gasteiger partial charge < -0.3 is 23.4 Å². The molecule has 11 aromatic rings. The van der Waals surface area contributed by atoms with Crippen molar-refractivity contribution in [3.63, 3.8) is 0 Å². The Morgan fingerprint density at radius 2 is 1.02 bits per heavy atom. The lowest BCUT2D eigenvalue weighted by molar-refractivity contribution is 0.332. The predicted molar refractivity (Wildman–Crippen MR) is 362 cm³/mol. The van der Waals surface area contributed by atoms with Crippen LogP contribution in [-0.2, 0) is 32.5 Å². The summed E-state index contributed by atoms with van der Waals surface area (Å²) in [6, 6.07) is 62.9. The molecule has 6 heteroatoms. The van der Waals surface area contributed by atoms with E-state index in [0.29, 0.717) is 0 Å². The number of hydrogen-bond acceptors (Lipinski definition) is 5. The van der Waals surface area contributed by atoms with Crippen molar-refractivity contribution in [1.29, 1.82) is 0 Å². The average Bonchev–Trinajstić information content (AvgIpc) is 1.72. The Morgan fingerprint density at radius 3 is 1.68 bits per heavy atom. The van der Waals surface area contributed by atoms with E-state index in [4.69, 9.17) is 8.83 Å². The van der Waals surface area contributed by atoms with Gasteiger partial charge in [0.05, 0.1) is 5.69 Å². The van der Waals surface area contributed by atoms with E-state index in [2.05, 4.69) is 282 Å². The predicted octanol–water partition coefficient (Wildman–Crippen LogP) is 21.3. The minimum absolute atomic E-state index is 0.00271. The van der Waals surface area contributed by atoms with Gasteiger partial charge in [-0.15, -0.1) is 0 Å². The molecule has 5 nitrogen and oxygen atoms in total. The van der Waals surface area contributed by atoms with Gasteiger partial charge in [0.2, 0.25) is 0 Å². The van der Waals surface area contributed by atoms with Gasteiger partial charge in [0.15, 0.2) is 5.58 Å². The zero-order chi connectivity index (χ0) is 59.2. The highest BCUT2D eigenvalue weighted by Crippen LogP contribution is 2.57. The maximum atomic E-state index is 7.51. The van der Waals surface area contributed by atoms with E-state index in [9.17, 15) is 0 Å². The molecule has 426 valence electrons. The molecule has 0 N–H and O–H groups in total. The van der Waals surface area contributed by atoms with Crippen molar-refractivity contribution in [1.82, 2.24) is 0 Å². The number of rotatable bonds is 5. The molecule has 85 heavy (non-hydrogen) atoms. The Kier molecular flexibility index (Phi) is 11.4. The molecule has 0 radical (unpaired) electrons. The van der Waals surface area contributed by atoms with Crippen LogP contribution in [0.25, 0.3) is 55.0 Å². The second-order valence-corrected chi connectivity index (χ2v) is 30.3. The second-order valence-electron chi connectivity index (χ2n) is 30.3. The molecule has 0 bridgehead atoms. The molecule has 0 saturated carbocycles. The van der Waals surface area contributed by atoms with E-state index in [-0.39, 0.29) is 39.3 Å². The quantitative estimate of drug-likeness (QED) is 0.161. The average molecular weight is 1110 g/mol. The SMILES string of the molecule is Cc1cc2c(cc1N1c3cc(N(c4ccc(C(C)(C)C)cc4)c4cccc(C(C)(C)C)c4)ccc3B3c4c(cc5c(oc6ccccc65)c41)-c1c(ccc4c1oc1ccccc14)N3c1ccc3c(c1)C(C)(C)CCC3(C)C)C(C)(C)CCC2(C)C. The molecule has 15 rings (SSSR count). The number of para-hydroxylation sites is 2. The van der Waals surface area contributed by atoms with Gasteiger partial charge in [-0.2, -0.15) is 0 Å². The van der Waals surface area contributed by atoms with Crippen LogP contribution >= 0.6 is 0 Å². The van der Waals surface area contributed by atoms with Gasteiger partial charge >= 0.3 is 6.85 Å². The highest BCUT2D eigenvalue weighted by atomic mass is 16.3. The Morgan fingerprint density at radius 1 is 0.447 bits per heavy atom. The molecule has 0 spiro atoms. The lowest BCUT2D eigenvalue weighted by atomic mass is 9.43. The lowest BCUT2D eigenvalue weighted by Crippen LogP contribution is -2.61. The summed E-state index contributed by atoms with van der Waals surface area (Å²) in [6.07, 6.45) is 4.52. The normalized spacial score (nSPS) is 17.2. The first kappa shape index (κ1) is 53.7. The van der Waals surface area contributed by atoms with Crippen molar-refractivity contribution in [3.05, 3.63) is 203 Å². The molecule has 0 fully saturated rings. The first-order valence-electron chi connectivity index (χ1n) is 31.3. The van der Waals surface area contributed by atoms with E-state index in [1.54, 1.807) is 0 Å². The van der Waals surface area contributed by atoms with Crippen molar-refractivity contribution in [3.8, 4) is 11.1 Å². The summed E-state index contributed by atoms with van der Waals surface area (Å²) in [5.41, 5.74) is 26.8. The minimum Gasteiger partial charge on any atom is -0.455 e. The van der Waals surface area contributed by atoms with Gasteiger partial charge in [0, 0.05) is 66.9 Å². The van der Waals surface area contributed by atoms with Crippen LogP contribution in [0.15, 0.2) is 173 Å². The number of nitrogens with zero attached hydrogens (tertiary/aromatic N) is 3. The maximum absolute atomic E-state index is 7.51. The highest BCUT2D eigenvalue weighted by molar-refractivity contribution is 6.94. The first-order valence-corrected chi connectivity index (χ1v) is 31.3. The van der Waals surface area contributed by atoms with Crippen LogP contribution in [0.2, 0.25) is 0 Å². The maximum Gasteiger partial charge on any atom is 0.333 e. The Labute approximate surface area is 503 Å². The number of anilines is 8. The number of benzene rings is 9. The molecule has 9 aromatic carbocycles. The molecular weight excluding hydrogens is 1030 g/mol. The summed E-state index contributed by atoms with van der Waals surface area (Å²) in [5, 5.41) is 4.43. The smallest absolute Gasteiger partial charge is 0.333 e. The number of fused-ring (bicyclic) bond motifs is 14. The molecule has 0 atom stereocenters. The van der Waals surface area contributed by atoms with Gasteiger partial charge in [-0.05, 0) is 205 Å². The Hall–Kier alpha value is -7.96. The monoisotopic (exact) mass is 1110 g/mol. The first-order chi connectivity index (χ1) is 40.3. The standard InChI is InChI=1S/C79H80BN3O2/c1-47-41-60-62(79(14,15)40-39-77(60,10)11)46-65(47)82-66-44-52(81(50-29-27-48(28-30-50)74(2,3)4)51-22-20-21-49(42-51)75(5,6)7)32-35-63(66)80-70-58(45-57-55-24-17-19-26-68(55)85-73(57)71(70)82)69-64(36-33-56-54-23-16-18-25-67(54)84-72(56)69)83(80)53-31-34-59-61(43-53)78(12,13)38-37-76(59,8)9/h16-36,41-46H,37-40H2,1-15H3. The second kappa shape index (κ2) is 18.0. The summed E-state index contributed by atoms with van der Waals surface area (Å²) in [7, 11) is 0. The van der Waals surface area contributed by atoms with Crippen LogP contribution in [0, 0.1) is 6.92 Å². The van der Waals surface area contributed by atoms with E-state index in [0.717, 1.165) is 109 Å². The number of furan rings is 2. The van der Waals surface area contributed by atoms with Crippen LogP contribution in [0.1, 0.15) is 162 Å². The molecule has 2 aromatic heterocycles. The van der Waals surface area contributed by atoms with E-state index in [1.807, 2.05) is 0 Å². The third-order valence-corrected chi connectivity index (χ3v) is 20.8. The fourth-order valence-corrected chi connectivity index (χ4v) is 15.5. The molecule has 2 aliphatic carbocycles. The van der Waals surface area contributed by atoms with Crippen molar-refractivity contribution < 1.29 is 8.83 Å².